The number of benzene rings is 3. The summed E-state index contributed by atoms with van der Waals surface area (Å²) in [6, 6.07) is 25.9. The Hall–Kier alpha value is -3.90. The molecule has 224 valence electrons. The second kappa shape index (κ2) is 12.4. The van der Waals surface area contributed by atoms with Gasteiger partial charge in [-0.1, -0.05) is 68.5 Å². The van der Waals surface area contributed by atoms with Crippen molar-refractivity contribution in [3.63, 3.8) is 0 Å². The topological polar surface area (TPSA) is 43.6 Å². The Morgan fingerprint density at radius 3 is 2.12 bits per heavy atom. The molecule has 3 aromatic rings. The maximum absolute atomic E-state index is 13.9. The number of fused-ring (bicyclic) bond motifs is 1. The van der Waals surface area contributed by atoms with E-state index in [-0.39, 0.29) is 5.41 Å². The molecule has 0 bridgehead atoms. The van der Waals surface area contributed by atoms with E-state index in [2.05, 4.69) is 111 Å². The van der Waals surface area contributed by atoms with Crippen LogP contribution in [0.3, 0.4) is 0 Å². The van der Waals surface area contributed by atoms with Crippen LogP contribution in [0.15, 0.2) is 113 Å². The summed E-state index contributed by atoms with van der Waals surface area (Å²) in [4.78, 5) is 4.99. The van der Waals surface area contributed by atoms with Gasteiger partial charge in [0, 0.05) is 53.3 Å². The number of anilines is 2. The number of sulfonamides is 1. The van der Waals surface area contributed by atoms with Crippen molar-refractivity contribution < 1.29 is 12.4 Å². The Labute approximate surface area is 258 Å². The maximum atomic E-state index is 13.9. The van der Waals surface area contributed by atoms with Crippen molar-refractivity contribution in [1.29, 1.82) is 0 Å². The zero-order valence-corrected chi connectivity index (χ0v) is 27.2. The van der Waals surface area contributed by atoms with Crippen LogP contribution in [0.25, 0.3) is 6.08 Å². The van der Waals surface area contributed by atoms with Crippen LogP contribution in [0.2, 0.25) is 0 Å². The summed E-state index contributed by atoms with van der Waals surface area (Å²) >= 11 is 0. The molecule has 0 aromatic heterocycles. The first kappa shape index (κ1) is 30.6. The highest BCUT2D eigenvalue weighted by atomic mass is 32.2. The van der Waals surface area contributed by atoms with Crippen LogP contribution in [0.5, 0.6) is 0 Å². The summed E-state index contributed by atoms with van der Waals surface area (Å²) < 4.78 is 29.2. The van der Waals surface area contributed by atoms with Crippen LogP contribution in [0.1, 0.15) is 58.6 Å². The Morgan fingerprint density at radius 2 is 1.47 bits per heavy atom. The van der Waals surface area contributed by atoms with E-state index in [9.17, 15) is 8.42 Å². The quantitative estimate of drug-likeness (QED) is 0.250. The Balaban J connectivity index is 1.62. The third kappa shape index (κ3) is 5.73. The van der Waals surface area contributed by atoms with Crippen molar-refractivity contribution in [2.75, 3.05) is 36.5 Å². The highest BCUT2D eigenvalue weighted by molar-refractivity contribution is 7.85. The van der Waals surface area contributed by atoms with Gasteiger partial charge in [-0.3, -0.25) is 0 Å². The Bertz CT molecular complexity index is 1710. The van der Waals surface area contributed by atoms with Crippen LogP contribution in [-0.4, -0.2) is 44.8 Å². The number of rotatable bonds is 8. The Morgan fingerprint density at radius 1 is 0.837 bits per heavy atom. The summed E-state index contributed by atoms with van der Waals surface area (Å²) in [5, 5.41) is 0. The van der Waals surface area contributed by atoms with Gasteiger partial charge in [-0.25, -0.2) is 0 Å². The van der Waals surface area contributed by atoms with Gasteiger partial charge in [0.15, 0.2) is 7.05 Å². The van der Waals surface area contributed by atoms with Crippen LogP contribution in [0, 0.1) is 0 Å². The molecular weight excluding hydrogens is 550 g/mol. The number of hydrogen-bond acceptors (Lipinski definition) is 4. The van der Waals surface area contributed by atoms with Gasteiger partial charge in [0.25, 0.3) is 0 Å². The number of allylic oxidation sites excluding steroid dienone is 5. The first-order valence-corrected chi connectivity index (χ1v) is 16.8. The zero-order chi connectivity index (χ0) is 30.8. The second-order valence-electron chi connectivity index (χ2n) is 11.7. The molecule has 1 saturated carbocycles. The van der Waals surface area contributed by atoms with Crippen LogP contribution >= 0.6 is 0 Å². The van der Waals surface area contributed by atoms with E-state index in [1.165, 1.54) is 26.6 Å². The van der Waals surface area contributed by atoms with E-state index < -0.39 is 10.0 Å². The van der Waals surface area contributed by atoms with Gasteiger partial charge in [0.2, 0.25) is 5.71 Å². The van der Waals surface area contributed by atoms with Crippen LogP contribution in [-0.2, 0) is 15.4 Å². The van der Waals surface area contributed by atoms with Gasteiger partial charge in [0.05, 0.1) is 0 Å². The fourth-order valence-corrected chi connectivity index (χ4v) is 7.82. The molecule has 0 atom stereocenters. The molecule has 5 nitrogen and oxygen atoms in total. The molecule has 0 amide bonds. The summed E-state index contributed by atoms with van der Waals surface area (Å²) in [6.45, 7) is 13.8. The molecule has 3 aromatic carbocycles. The lowest BCUT2D eigenvalue weighted by molar-refractivity contribution is -0.325. The monoisotopic (exact) mass is 594 g/mol. The van der Waals surface area contributed by atoms with Crippen molar-refractivity contribution in [1.82, 2.24) is 0 Å². The average Bonchev–Trinajstić information content (AvgIpc) is 3.51. The molecule has 0 spiro atoms. The van der Waals surface area contributed by atoms with Gasteiger partial charge in [-0.2, -0.15) is 8.42 Å². The highest BCUT2D eigenvalue weighted by Gasteiger charge is 2.40. The third-order valence-electron chi connectivity index (χ3n) is 8.91. The number of likely N-dealkylation sites (N-methyl/N-ethyl adjacent to an activating group) is 1. The van der Waals surface area contributed by atoms with E-state index in [0.29, 0.717) is 4.90 Å². The zero-order valence-electron chi connectivity index (χ0n) is 26.3. The largest absolute Gasteiger partial charge is 0.395 e. The fourth-order valence-electron chi connectivity index (χ4n) is 6.52. The summed E-state index contributed by atoms with van der Waals surface area (Å²) in [5.41, 5.74) is 8.72. The predicted octanol–water partition coefficient (Wildman–Crippen LogP) is 7.81. The van der Waals surface area contributed by atoms with Crippen molar-refractivity contribution in [2.45, 2.75) is 57.8 Å². The molecule has 43 heavy (non-hydrogen) atoms. The smallest absolute Gasteiger partial charge is 0.372 e. The molecule has 5 rings (SSSR count). The highest BCUT2D eigenvalue weighted by Crippen LogP contribution is 2.47. The number of hydrogen-bond donors (Lipinski definition) is 0. The maximum Gasteiger partial charge on any atom is 0.395 e. The number of nitrogens with zero attached hydrogens (tertiary/aromatic N) is 3. The minimum Gasteiger partial charge on any atom is -0.372 e. The third-order valence-corrected chi connectivity index (χ3v) is 10.7. The molecule has 0 N–H and O–H groups in total. The van der Waals surface area contributed by atoms with Crippen molar-refractivity contribution >= 4 is 33.2 Å². The lowest BCUT2D eigenvalue weighted by atomic mass is 9.83. The minimum atomic E-state index is -3.75. The van der Waals surface area contributed by atoms with Gasteiger partial charge < -0.3 is 9.80 Å². The lowest BCUT2D eigenvalue weighted by Gasteiger charge is -2.25. The molecule has 0 radical (unpaired) electrons. The Kier molecular flexibility index (Phi) is 8.79. The van der Waals surface area contributed by atoms with Gasteiger partial charge in [-0.05, 0) is 87.2 Å². The molecule has 0 unspecified atom stereocenters. The molecule has 6 heteroatoms. The van der Waals surface area contributed by atoms with E-state index in [4.69, 9.17) is 0 Å². The molecule has 2 aliphatic rings. The van der Waals surface area contributed by atoms with Gasteiger partial charge >= 0.3 is 10.0 Å². The summed E-state index contributed by atoms with van der Waals surface area (Å²) in [6.07, 6.45) is 8.07. The average molecular weight is 595 g/mol. The van der Waals surface area contributed by atoms with E-state index in [0.717, 1.165) is 54.9 Å². The molecule has 1 fully saturated rings. The molecule has 1 aliphatic heterocycles. The summed E-state index contributed by atoms with van der Waals surface area (Å²) in [7, 11) is -2.06. The normalized spacial score (nSPS) is 20.2. The molecular formula is C37H44N3O2S+. The summed E-state index contributed by atoms with van der Waals surface area (Å²) in [5.74, 6) is 0. The standard InChI is InChI=1S/C37H44N3O2S/c1-7-39(8-2)31-24-19-28(20-25-31)27-30-22-21-29(36(30)38(6)43(41,42)32-15-11-10-12-16-32)23-26-35-37(4,5)33-17-13-14-18-34(33)40(35)9-3/h10-20,23-27H,7-9,21-22H2,1-6H3/q+1. The SMILES string of the molecule is CCN(CC)c1ccc(/C=C2\CCC(=CC=C3N(CC)c4ccccc4C3(C)C)C2=[N+](C)S(=O)(=O)c2ccccc2)cc1. The first-order valence-electron chi connectivity index (χ1n) is 15.4. The van der Waals surface area contributed by atoms with Crippen LogP contribution < -0.4 is 9.80 Å². The van der Waals surface area contributed by atoms with Gasteiger partial charge in [0.1, 0.15) is 4.90 Å². The molecule has 1 heterocycles. The van der Waals surface area contributed by atoms with E-state index in [1.807, 2.05) is 6.07 Å². The van der Waals surface area contributed by atoms with Crippen molar-refractivity contribution in [2.24, 2.45) is 0 Å². The molecule has 0 saturated heterocycles. The molecule has 1 aliphatic carbocycles. The van der Waals surface area contributed by atoms with Crippen molar-refractivity contribution in [3.05, 3.63) is 119 Å². The van der Waals surface area contributed by atoms with Crippen LogP contribution in [0.4, 0.5) is 11.4 Å². The lowest BCUT2D eigenvalue weighted by Crippen LogP contribution is -2.26. The number of para-hydroxylation sites is 1. The first-order chi connectivity index (χ1) is 20.6. The predicted molar refractivity (Wildman–Crippen MR) is 181 cm³/mol. The van der Waals surface area contributed by atoms with E-state index >= 15 is 0 Å². The minimum absolute atomic E-state index is 0.157. The fraction of sp³-hybridized carbons (Fsp3) is 0.324. The second-order valence-corrected chi connectivity index (χ2v) is 13.7. The van der Waals surface area contributed by atoms with Gasteiger partial charge in [-0.15, -0.1) is 3.98 Å². The van der Waals surface area contributed by atoms with E-state index in [1.54, 1.807) is 31.3 Å². The van der Waals surface area contributed by atoms with Crippen molar-refractivity contribution in [3.8, 4) is 0 Å².